The highest BCUT2D eigenvalue weighted by atomic mass is 16.5. The fourth-order valence-corrected chi connectivity index (χ4v) is 3.13. The first-order valence-corrected chi connectivity index (χ1v) is 10.5. The molecule has 0 radical (unpaired) electrons. The number of hydrogen-bond donors (Lipinski definition) is 0. The van der Waals surface area contributed by atoms with Crippen molar-refractivity contribution < 1.29 is 14.2 Å². The molecule has 0 N–H and O–H groups in total. The minimum atomic E-state index is 0.272. The molecule has 0 aromatic carbocycles. The van der Waals surface area contributed by atoms with Crippen LogP contribution in [0.3, 0.4) is 0 Å². The predicted octanol–water partition coefficient (Wildman–Crippen LogP) is 5.76. The standard InChI is InChI=1S/C22H42O3/c1-6-11-12-15-21(24-9-4)18-14-19-22(25-10-5)17-13-16-20(7-2)23-8-3/h20-22H,6-10,13-19H2,1-5H3. The summed E-state index contributed by atoms with van der Waals surface area (Å²) < 4.78 is 17.5. The van der Waals surface area contributed by atoms with Crippen molar-refractivity contribution in [3.05, 3.63) is 0 Å². The summed E-state index contributed by atoms with van der Waals surface area (Å²) >= 11 is 0. The zero-order valence-corrected chi connectivity index (χ0v) is 17.4. The molecule has 0 heterocycles. The highest BCUT2D eigenvalue weighted by Gasteiger charge is 2.13. The second kappa shape index (κ2) is 18.2. The third-order valence-corrected chi connectivity index (χ3v) is 4.40. The van der Waals surface area contributed by atoms with Gasteiger partial charge in [-0.25, -0.2) is 0 Å². The molecule has 0 saturated carbocycles. The summed E-state index contributed by atoms with van der Waals surface area (Å²) in [5, 5.41) is 0. The van der Waals surface area contributed by atoms with Crippen molar-refractivity contribution in [3.8, 4) is 11.8 Å². The molecule has 3 nitrogen and oxygen atoms in total. The first kappa shape index (κ1) is 24.4. The molecule has 3 unspecified atom stereocenters. The van der Waals surface area contributed by atoms with Gasteiger partial charge in [0.25, 0.3) is 0 Å². The van der Waals surface area contributed by atoms with E-state index in [1.165, 1.54) is 6.42 Å². The zero-order chi connectivity index (χ0) is 18.8. The summed E-state index contributed by atoms with van der Waals surface area (Å²) in [5.74, 6) is 6.37. The Balaban J connectivity index is 4.14. The summed E-state index contributed by atoms with van der Waals surface area (Å²) in [5.41, 5.74) is 0. The lowest BCUT2D eigenvalue weighted by atomic mass is 10.0. The van der Waals surface area contributed by atoms with Crippen molar-refractivity contribution in [1.82, 2.24) is 0 Å². The van der Waals surface area contributed by atoms with E-state index in [2.05, 4.69) is 46.5 Å². The minimum Gasteiger partial charge on any atom is -0.379 e. The third kappa shape index (κ3) is 14.3. The lowest BCUT2D eigenvalue weighted by Crippen LogP contribution is -2.18. The smallest absolute Gasteiger partial charge is 0.0684 e. The average molecular weight is 355 g/mol. The van der Waals surface area contributed by atoms with E-state index < -0.39 is 0 Å². The Morgan fingerprint density at radius 2 is 1.08 bits per heavy atom. The lowest BCUT2D eigenvalue weighted by molar-refractivity contribution is 0.0249. The van der Waals surface area contributed by atoms with Crippen molar-refractivity contribution in [3.63, 3.8) is 0 Å². The van der Waals surface area contributed by atoms with Gasteiger partial charge in [-0.2, -0.15) is 0 Å². The molecule has 0 rings (SSSR count). The Morgan fingerprint density at radius 1 is 0.600 bits per heavy atom. The van der Waals surface area contributed by atoms with Crippen LogP contribution in [0.2, 0.25) is 0 Å². The molecule has 0 aliphatic rings. The maximum absolute atomic E-state index is 5.95. The molecular weight excluding hydrogens is 312 g/mol. The number of ether oxygens (including phenoxy) is 3. The molecule has 0 aliphatic carbocycles. The van der Waals surface area contributed by atoms with E-state index in [4.69, 9.17) is 14.2 Å². The van der Waals surface area contributed by atoms with Gasteiger partial charge in [-0.15, -0.1) is 11.8 Å². The van der Waals surface area contributed by atoms with Gasteiger partial charge in [-0.1, -0.05) is 13.8 Å². The molecule has 25 heavy (non-hydrogen) atoms. The van der Waals surface area contributed by atoms with Gasteiger partial charge in [0.15, 0.2) is 0 Å². The number of rotatable bonds is 16. The topological polar surface area (TPSA) is 27.7 Å². The molecule has 0 spiro atoms. The second-order valence-corrected chi connectivity index (χ2v) is 6.41. The third-order valence-electron chi connectivity index (χ3n) is 4.40. The van der Waals surface area contributed by atoms with E-state index in [-0.39, 0.29) is 6.10 Å². The van der Waals surface area contributed by atoms with Crippen LogP contribution >= 0.6 is 0 Å². The van der Waals surface area contributed by atoms with Crippen LogP contribution < -0.4 is 0 Å². The van der Waals surface area contributed by atoms with Gasteiger partial charge < -0.3 is 14.2 Å². The predicted molar refractivity (Wildman–Crippen MR) is 107 cm³/mol. The Morgan fingerprint density at radius 3 is 1.60 bits per heavy atom. The van der Waals surface area contributed by atoms with E-state index in [1.807, 2.05) is 0 Å². The van der Waals surface area contributed by atoms with E-state index in [9.17, 15) is 0 Å². The van der Waals surface area contributed by atoms with Gasteiger partial charge in [0, 0.05) is 32.7 Å². The van der Waals surface area contributed by atoms with E-state index in [1.54, 1.807) is 0 Å². The van der Waals surface area contributed by atoms with Crippen LogP contribution in [0, 0.1) is 11.8 Å². The van der Waals surface area contributed by atoms with Crippen molar-refractivity contribution in [1.29, 1.82) is 0 Å². The summed E-state index contributed by atoms with van der Waals surface area (Å²) in [6.07, 6.45) is 10.7. The summed E-state index contributed by atoms with van der Waals surface area (Å²) in [4.78, 5) is 0. The van der Waals surface area contributed by atoms with Gasteiger partial charge in [-0.05, 0) is 65.7 Å². The zero-order valence-electron chi connectivity index (χ0n) is 17.4. The molecule has 0 fully saturated rings. The molecular formula is C22H42O3. The lowest BCUT2D eigenvalue weighted by Gasteiger charge is -2.20. The molecule has 0 bridgehead atoms. The Kier molecular flexibility index (Phi) is 17.8. The fourth-order valence-electron chi connectivity index (χ4n) is 3.13. The van der Waals surface area contributed by atoms with E-state index in [0.29, 0.717) is 12.2 Å². The molecule has 0 amide bonds. The van der Waals surface area contributed by atoms with E-state index in [0.717, 1.165) is 71.2 Å². The molecule has 0 aliphatic heterocycles. The van der Waals surface area contributed by atoms with Crippen molar-refractivity contribution in [2.45, 2.75) is 111 Å². The van der Waals surface area contributed by atoms with Crippen molar-refractivity contribution >= 4 is 0 Å². The van der Waals surface area contributed by atoms with Crippen LogP contribution in [0.4, 0.5) is 0 Å². The molecule has 0 aromatic heterocycles. The van der Waals surface area contributed by atoms with Crippen molar-refractivity contribution in [2.75, 3.05) is 19.8 Å². The molecule has 148 valence electrons. The normalized spacial score (nSPS) is 14.6. The Labute approximate surface area is 157 Å². The molecule has 0 saturated heterocycles. The average Bonchev–Trinajstić information content (AvgIpc) is 2.61. The van der Waals surface area contributed by atoms with Crippen LogP contribution in [0.15, 0.2) is 0 Å². The van der Waals surface area contributed by atoms with Gasteiger partial charge in [0.1, 0.15) is 0 Å². The quantitative estimate of drug-likeness (QED) is 0.330. The van der Waals surface area contributed by atoms with Gasteiger partial charge in [0.05, 0.1) is 18.3 Å². The van der Waals surface area contributed by atoms with Crippen LogP contribution in [-0.2, 0) is 14.2 Å². The van der Waals surface area contributed by atoms with Crippen LogP contribution in [0.5, 0.6) is 0 Å². The highest BCUT2D eigenvalue weighted by molar-refractivity contribution is 4.99. The minimum absolute atomic E-state index is 0.272. The number of hydrogen-bond acceptors (Lipinski definition) is 3. The maximum atomic E-state index is 5.95. The first-order valence-electron chi connectivity index (χ1n) is 10.5. The SMILES string of the molecule is CCC#CCC(CCCC(CCCC(CC)OCC)OCC)OCC. The maximum Gasteiger partial charge on any atom is 0.0684 e. The van der Waals surface area contributed by atoms with E-state index >= 15 is 0 Å². The Bertz CT molecular complexity index is 332. The van der Waals surface area contributed by atoms with Crippen LogP contribution in [0.25, 0.3) is 0 Å². The van der Waals surface area contributed by atoms with Crippen LogP contribution in [0.1, 0.15) is 92.4 Å². The molecule has 3 atom stereocenters. The second-order valence-electron chi connectivity index (χ2n) is 6.41. The fraction of sp³-hybridized carbons (Fsp3) is 0.909. The molecule has 0 aromatic rings. The van der Waals surface area contributed by atoms with Gasteiger partial charge in [0.2, 0.25) is 0 Å². The van der Waals surface area contributed by atoms with Gasteiger partial charge >= 0.3 is 0 Å². The largest absolute Gasteiger partial charge is 0.379 e. The van der Waals surface area contributed by atoms with Crippen LogP contribution in [-0.4, -0.2) is 38.1 Å². The summed E-state index contributed by atoms with van der Waals surface area (Å²) in [6.45, 7) is 12.9. The van der Waals surface area contributed by atoms with Gasteiger partial charge in [-0.3, -0.25) is 0 Å². The first-order chi connectivity index (χ1) is 12.2. The molecule has 3 heteroatoms. The summed E-state index contributed by atoms with van der Waals surface area (Å²) in [7, 11) is 0. The highest BCUT2D eigenvalue weighted by Crippen LogP contribution is 2.18. The van der Waals surface area contributed by atoms with Crippen molar-refractivity contribution in [2.24, 2.45) is 0 Å². The Hall–Kier alpha value is -0.560. The summed E-state index contributed by atoms with van der Waals surface area (Å²) in [6, 6.07) is 0. The monoisotopic (exact) mass is 354 g/mol.